The molecule has 5 heteroatoms. The Labute approximate surface area is 141 Å². The monoisotopic (exact) mass is 341 g/mol. The van der Waals surface area contributed by atoms with Crippen LogP contribution >= 0.6 is 0 Å². The number of para-hydroxylation sites is 2. The van der Waals surface area contributed by atoms with Crippen LogP contribution in [0.2, 0.25) is 0 Å². The van der Waals surface area contributed by atoms with E-state index < -0.39 is 11.7 Å². The van der Waals surface area contributed by atoms with Gasteiger partial charge in [0.1, 0.15) is 11.2 Å². The van der Waals surface area contributed by atoms with Crippen LogP contribution < -0.4 is 5.32 Å². The van der Waals surface area contributed by atoms with Crippen molar-refractivity contribution in [3.05, 3.63) is 77.9 Å². The minimum atomic E-state index is -4.32. The van der Waals surface area contributed by atoms with Gasteiger partial charge in [0.25, 0.3) is 0 Å². The van der Waals surface area contributed by atoms with Crippen molar-refractivity contribution in [3.63, 3.8) is 0 Å². The van der Waals surface area contributed by atoms with Gasteiger partial charge in [-0.1, -0.05) is 36.4 Å². The lowest BCUT2D eigenvalue weighted by Crippen LogP contribution is -2.05. The molecule has 0 amide bonds. The molecule has 4 aromatic rings. The van der Waals surface area contributed by atoms with Crippen LogP contribution in [-0.2, 0) is 12.7 Å². The summed E-state index contributed by atoms with van der Waals surface area (Å²) in [6.45, 7) is 0.461. The smallest absolute Gasteiger partial charge is 0.416 e. The first-order valence-electron chi connectivity index (χ1n) is 7.83. The number of alkyl halides is 3. The molecule has 1 aromatic heterocycles. The third kappa shape index (κ3) is 2.93. The Balaban J connectivity index is 1.61. The standard InChI is InChI=1S/C20H14F3NO/c21-20(22,23)14-8-10-15(11-9-14)24-12-13-4-3-6-17-16-5-1-2-7-18(16)25-19(13)17/h1-11,24H,12H2. The summed E-state index contributed by atoms with van der Waals surface area (Å²) in [5.41, 5.74) is 2.54. The molecule has 0 aliphatic rings. The van der Waals surface area contributed by atoms with Gasteiger partial charge in [-0.3, -0.25) is 0 Å². The van der Waals surface area contributed by atoms with E-state index in [1.165, 1.54) is 12.1 Å². The van der Waals surface area contributed by atoms with Crippen molar-refractivity contribution in [1.82, 2.24) is 0 Å². The molecule has 126 valence electrons. The van der Waals surface area contributed by atoms with E-state index in [2.05, 4.69) is 5.32 Å². The zero-order valence-corrected chi connectivity index (χ0v) is 13.1. The predicted octanol–water partition coefficient (Wildman–Crippen LogP) is 6.22. The van der Waals surface area contributed by atoms with E-state index in [1.807, 2.05) is 42.5 Å². The summed E-state index contributed by atoms with van der Waals surface area (Å²) in [6.07, 6.45) is -4.32. The van der Waals surface area contributed by atoms with E-state index in [0.717, 1.165) is 39.6 Å². The van der Waals surface area contributed by atoms with Crippen molar-refractivity contribution in [3.8, 4) is 0 Å². The molecule has 1 N–H and O–H groups in total. The molecule has 0 bridgehead atoms. The van der Waals surface area contributed by atoms with Crippen molar-refractivity contribution in [2.45, 2.75) is 12.7 Å². The van der Waals surface area contributed by atoms with Gasteiger partial charge in [-0.15, -0.1) is 0 Å². The average molecular weight is 341 g/mol. The number of halogens is 3. The van der Waals surface area contributed by atoms with Crippen LogP contribution in [0.15, 0.2) is 71.1 Å². The number of fused-ring (bicyclic) bond motifs is 3. The molecule has 0 atom stereocenters. The fourth-order valence-electron chi connectivity index (χ4n) is 2.92. The summed E-state index contributed by atoms with van der Waals surface area (Å²) >= 11 is 0. The van der Waals surface area contributed by atoms with Gasteiger partial charge in [-0.2, -0.15) is 13.2 Å². The Hall–Kier alpha value is -2.95. The van der Waals surface area contributed by atoms with Crippen LogP contribution in [0.5, 0.6) is 0 Å². The van der Waals surface area contributed by atoms with Crippen molar-refractivity contribution >= 4 is 27.6 Å². The maximum atomic E-state index is 12.6. The molecule has 0 saturated carbocycles. The van der Waals surface area contributed by atoms with Crippen LogP contribution in [0.4, 0.5) is 18.9 Å². The zero-order valence-electron chi connectivity index (χ0n) is 13.1. The van der Waals surface area contributed by atoms with Crippen molar-refractivity contribution in [2.75, 3.05) is 5.32 Å². The second-order valence-corrected chi connectivity index (χ2v) is 5.82. The lowest BCUT2D eigenvalue weighted by atomic mass is 10.1. The quantitative estimate of drug-likeness (QED) is 0.479. The van der Waals surface area contributed by atoms with Gasteiger partial charge >= 0.3 is 6.18 Å². The molecule has 0 unspecified atom stereocenters. The molecule has 1 heterocycles. The van der Waals surface area contributed by atoms with E-state index in [0.29, 0.717) is 12.2 Å². The maximum Gasteiger partial charge on any atom is 0.416 e. The molecule has 0 radical (unpaired) electrons. The Bertz CT molecular complexity index is 1030. The van der Waals surface area contributed by atoms with Crippen LogP contribution in [0.1, 0.15) is 11.1 Å². The van der Waals surface area contributed by atoms with Gasteiger partial charge in [0, 0.05) is 28.6 Å². The van der Waals surface area contributed by atoms with Crippen LogP contribution in [0.25, 0.3) is 21.9 Å². The molecular formula is C20H14F3NO. The maximum absolute atomic E-state index is 12.6. The fourth-order valence-corrected chi connectivity index (χ4v) is 2.92. The molecule has 0 saturated heterocycles. The Morgan fingerprint density at radius 1 is 0.800 bits per heavy atom. The normalized spacial score (nSPS) is 12.0. The first-order chi connectivity index (χ1) is 12.0. The Kier molecular flexibility index (Phi) is 3.64. The first-order valence-corrected chi connectivity index (χ1v) is 7.83. The van der Waals surface area contributed by atoms with E-state index >= 15 is 0 Å². The highest BCUT2D eigenvalue weighted by Gasteiger charge is 2.29. The second kappa shape index (κ2) is 5.84. The van der Waals surface area contributed by atoms with Gasteiger partial charge in [0.2, 0.25) is 0 Å². The summed E-state index contributed by atoms with van der Waals surface area (Å²) < 4.78 is 43.8. The SMILES string of the molecule is FC(F)(F)c1ccc(NCc2cccc3c2oc2ccccc23)cc1. The van der Waals surface area contributed by atoms with Crippen molar-refractivity contribution in [2.24, 2.45) is 0 Å². The van der Waals surface area contributed by atoms with Crippen molar-refractivity contribution < 1.29 is 17.6 Å². The molecule has 3 aromatic carbocycles. The number of benzene rings is 3. The molecule has 0 spiro atoms. The number of furan rings is 1. The predicted molar refractivity (Wildman–Crippen MR) is 92.5 cm³/mol. The Morgan fingerprint density at radius 3 is 2.28 bits per heavy atom. The highest BCUT2D eigenvalue weighted by Crippen LogP contribution is 2.32. The van der Waals surface area contributed by atoms with Gasteiger partial charge in [0.15, 0.2) is 0 Å². The van der Waals surface area contributed by atoms with Gasteiger partial charge in [-0.05, 0) is 30.3 Å². The number of hydrogen-bond donors (Lipinski definition) is 1. The van der Waals surface area contributed by atoms with Crippen LogP contribution in [0, 0.1) is 0 Å². The highest BCUT2D eigenvalue weighted by atomic mass is 19.4. The zero-order chi connectivity index (χ0) is 17.4. The Morgan fingerprint density at radius 2 is 1.52 bits per heavy atom. The second-order valence-electron chi connectivity index (χ2n) is 5.82. The molecule has 0 fully saturated rings. The number of nitrogens with one attached hydrogen (secondary N) is 1. The number of anilines is 1. The van der Waals surface area contributed by atoms with Crippen molar-refractivity contribution in [1.29, 1.82) is 0 Å². The summed E-state index contributed by atoms with van der Waals surface area (Å²) in [5.74, 6) is 0. The summed E-state index contributed by atoms with van der Waals surface area (Å²) in [7, 11) is 0. The molecule has 2 nitrogen and oxygen atoms in total. The lowest BCUT2D eigenvalue weighted by molar-refractivity contribution is -0.137. The third-order valence-corrected chi connectivity index (χ3v) is 4.18. The fraction of sp³-hybridized carbons (Fsp3) is 0.100. The molecule has 4 rings (SSSR count). The summed E-state index contributed by atoms with van der Waals surface area (Å²) in [5, 5.41) is 5.23. The van der Waals surface area contributed by atoms with Crippen LogP contribution in [0.3, 0.4) is 0 Å². The van der Waals surface area contributed by atoms with Crippen LogP contribution in [-0.4, -0.2) is 0 Å². The summed E-state index contributed by atoms with van der Waals surface area (Å²) in [4.78, 5) is 0. The summed E-state index contributed by atoms with van der Waals surface area (Å²) in [6, 6.07) is 18.7. The highest BCUT2D eigenvalue weighted by molar-refractivity contribution is 6.05. The van der Waals surface area contributed by atoms with Gasteiger partial charge in [-0.25, -0.2) is 0 Å². The lowest BCUT2D eigenvalue weighted by Gasteiger charge is -2.10. The minimum Gasteiger partial charge on any atom is -0.456 e. The topological polar surface area (TPSA) is 25.2 Å². The molecule has 0 aliphatic heterocycles. The van der Waals surface area contributed by atoms with E-state index in [-0.39, 0.29) is 0 Å². The van der Waals surface area contributed by atoms with E-state index in [9.17, 15) is 13.2 Å². The molecule has 25 heavy (non-hydrogen) atoms. The van der Waals surface area contributed by atoms with E-state index in [4.69, 9.17) is 4.42 Å². The minimum absolute atomic E-state index is 0.461. The number of hydrogen-bond acceptors (Lipinski definition) is 2. The largest absolute Gasteiger partial charge is 0.456 e. The molecular weight excluding hydrogens is 327 g/mol. The van der Waals surface area contributed by atoms with Gasteiger partial charge in [0.05, 0.1) is 5.56 Å². The van der Waals surface area contributed by atoms with Gasteiger partial charge < -0.3 is 9.73 Å². The average Bonchev–Trinajstić information content (AvgIpc) is 2.99. The molecule has 0 aliphatic carbocycles. The van der Waals surface area contributed by atoms with E-state index in [1.54, 1.807) is 0 Å². The first kappa shape index (κ1) is 15.6. The number of rotatable bonds is 3. The third-order valence-electron chi connectivity index (χ3n) is 4.18.